The van der Waals surface area contributed by atoms with Crippen LogP contribution >= 0.6 is 0 Å². The highest BCUT2D eigenvalue weighted by molar-refractivity contribution is 6.16. The molecule has 0 atom stereocenters. The van der Waals surface area contributed by atoms with Crippen molar-refractivity contribution in [2.24, 2.45) is 0 Å². The third kappa shape index (κ3) is 6.13. The topological polar surface area (TPSA) is 25.2 Å². The van der Waals surface area contributed by atoms with Crippen LogP contribution in [0.3, 0.4) is 0 Å². The molecule has 0 fully saturated rings. The Morgan fingerprint density at radius 1 is 0.404 bits per heavy atom. The van der Waals surface area contributed by atoms with Gasteiger partial charge in [-0.1, -0.05) is 144 Å². The molecule has 0 saturated heterocycles. The standard InChI is InChI=1S/C54H42N2O/c1-34-22-35(2)25-43(24-34)40-18-20-50-48(31-40)49-32-41(44-26-36(3)23-37(4)27-44)19-21-51(49)56(50)52-17-11-16-42-33-55(54(57)53(42)52)47-29-45(38-12-7-5-8-13-38)28-46(30-47)39-14-9-6-10-15-39/h5-32H,33H2,1-4H3. The summed E-state index contributed by atoms with van der Waals surface area (Å²) >= 11 is 0. The predicted molar refractivity (Wildman–Crippen MR) is 238 cm³/mol. The number of rotatable bonds is 6. The van der Waals surface area contributed by atoms with Crippen LogP contribution in [0.15, 0.2) is 170 Å². The van der Waals surface area contributed by atoms with Crippen LogP contribution in [0.2, 0.25) is 0 Å². The monoisotopic (exact) mass is 734 g/mol. The summed E-state index contributed by atoms with van der Waals surface area (Å²) in [7, 11) is 0. The Morgan fingerprint density at radius 3 is 1.37 bits per heavy atom. The number of nitrogens with zero attached hydrogens (tertiary/aromatic N) is 2. The maximum absolute atomic E-state index is 15.0. The SMILES string of the molecule is Cc1cc(C)cc(-c2ccc3c(c2)c2cc(-c4cc(C)cc(C)c4)ccc2n3-c2cccc3c2C(=O)N(c2cc(-c4ccccc4)cc(-c4ccccc4)c2)C3)c1. The van der Waals surface area contributed by atoms with Crippen molar-refractivity contribution in [1.29, 1.82) is 0 Å². The molecule has 9 aromatic rings. The van der Waals surface area contributed by atoms with Gasteiger partial charge in [0.05, 0.1) is 28.8 Å². The van der Waals surface area contributed by atoms with E-state index in [1.165, 1.54) is 44.5 Å². The van der Waals surface area contributed by atoms with E-state index in [0.717, 1.165) is 66.6 Å². The van der Waals surface area contributed by atoms with Crippen molar-refractivity contribution >= 4 is 33.4 Å². The van der Waals surface area contributed by atoms with E-state index in [0.29, 0.717) is 6.54 Å². The Morgan fingerprint density at radius 2 is 0.877 bits per heavy atom. The van der Waals surface area contributed by atoms with E-state index in [1.807, 2.05) is 17.0 Å². The predicted octanol–water partition coefficient (Wildman–Crippen LogP) is 13.8. The van der Waals surface area contributed by atoms with Crippen molar-refractivity contribution < 1.29 is 4.79 Å². The molecule has 1 aliphatic heterocycles. The highest BCUT2D eigenvalue weighted by Crippen LogP contribution is 2.42. The fraction of sp³-hybridized carbons (Fsp3) is 0.0926. The minimum Gasteiger partial charge on any atom is -0.308 e. The molecule has 3 heteroatoms. The van der Waals surface area contributed by atoms with Crippen LogP contribution in [0.4, 0.5) is 5.69 Å². The minimum atomic E-state index is 0.0125. The normalized spacial score (nSPS) is 12.5. The molecule has 0 unspecified atom stereocenters. The van der Waals surface area contributed by atoms with Crippen LogP contribution in [-0.4, -0.2) is 10.5 Å². The molecule has 2 heterocycles. The van der Waals surface area contributed by atoms with Gasteiger partial charge >= 0.3 is 0 Å². The van der Waals surface area contributed by atoms with Crippen molar-refractivity contribution in [2.45, 2.75) is 34.2 Å². The third-order valence-corrected chi connectivity index (χ3v) is 11.5. The summed E-state index contributed by atoms with van der Waals surface area (Å²) in [6.07, 6.45) is 0. The van der Waals surface area contributed by atoms with E-state index in [-0.39, 0.29) is 5.91 Å². The zero-order chi connectivity index (χ0) is 38.8. The molecule has 1 aliphatic rings. The molecule has 10 rings (SSSR count). The Bertz CT molecular complexity index is 2840. The first-order chi connectivity index (χ1) is 27.8. The van der Waals surface area contributed by atoms with Crippen LogP contribution in [-0.2, 0) is 6.54 Å². The number of carbonyl (C=O) groups excluding carboxylic acids is 1. The second-order valence-corrected chi connectivity index (χ2v) is 15.8. The zero-order valence-electron chi connectivity index (χ0n) is 32.7. The largest absolute Gasteiger partial charge is 0.308 e. The lowest BCUT2D eigenvalue weighted by atomic mass is 9.97. The maximum Gasteiger partial charge on any atom is 0.261 e. The number of carbonyl (C=O) groups is 1. The maximum atomic E-state index is 15.0. The number of fused-ring (bicyclic) bond motifs is 4. The van der Waals surface area contributed by atoms with Crippen molar-refractivity contribution in [1.82, 2.24) is 4.57 Å². The van der Waals surface area contributed by atoms with Gasteiger partial charge in [-0.25, -0.2) is 0 Å². The van der Waals surface area contributed by atoms with Crippen LogP contribution in [0.5, 0.6) is 0 Å². The zero-order valence-corrected chi connectivity index (χ0v) is 32.7. The van der Waals surface area contributed by atoms with Crippen molar-refractivity contribution in [3.05, 3.63) is 203 Å². The van der Waals surface area contributed by atoms with Crippen molar-refractivity contribution in [3.63, 3.8) is 0 Å². The molecule has 0 N–H and O–H groups in total. The van der Waals surface area contributed by atoms with Crippen LogP contribution in [0, 0.1) is 27.7 Å². The number of hydrogen-bond acceptors (Lipinski definition) is 1. The van der Waals surface area contributed by atoms with Crippen molar-refractivity contribution in [2.75, 3.05) is 4.90 Å². The second kappa shape index (κ2) is 13.6. The van der Waals surface area contributed by atoms with Gasteiger partial charge in [-0.2, -0.15) is 0 Å². The highest BCUT2D eigenvalue weighted by Gasteiger charge is 2.33. The Kier molecular flexibility index (Phi) is 8.27. The number of aromatic nitrogens is 1. The number of benzene rings is 8. The molecule has 57 heavy (non-hydrogen) atoms. The van der Waals surface area contributed by atoms with Gasteiger partial charge in [0, 0.05) is 16.5 Å². The lowest BCUT2D eigenvalue weighted by Crippen LogP contribution is -2.23. The van der Waals surface area contributed by atoms with Gasteiger partial charge in [0.15, 0.2) is 0 Å². The van der Waals surface area contributed by atoms with Crippen LogP contribution in [0.25, 0.3) is 72.0 Å². The molecule has 0 radical (unpaired) electrons. The molecule has 1 amide bonds. The van der Waals surface area contributed by atoms with Crippen LogP contribution in [0.1, 0.15) is 38.2 Å². The molecule has 0 bridgehead atoms. The van der Waals surface area contributed by atoms with E-state index in [4.69, 9.17) is 0 Å². The second-order valence-electron chi connectivity index (χ2n) is 15.8. The fourth-order valence-corrected chi connectivity index (χ4v) is 9.02. The average molecular weight is 735 g/mol. The van der Waals surface area contributed by atoms with Gasteiger partial charge in [0.25, 0.3) is 5.91 Å². The molecule has 8 aromatic carbocycles. The summed E-state index contributed by atoms with van der Waals surface area (Å²) in [5, 5.41) is 2.33. The summed E-state index contributed by atoms with van der Waals surface area (Å²) in [6, 6.07) is 60.9. The van der Waals surface area contributed by atoms with Gasteiger partial charge in [-0.05, 0) is 126 Å². The Hall–Kier alpha value is -6.97. The van der Waals surface area contributed by atoms with Gasteiger partial charge in [0.2, 0.25) is 0 Å². The smallest absolute Gasteiger partial charge is 0.261 e. The first-order valence-electron chi connectivity index (χ1n) is 19.7. The van der Waals surface area contributed by atoms with Gasteiger partial charge in [0.1, 0.15) is 0 Å². The van der Waals surface area contributed by atoms with Crippen LogP contribution < -0.4 is 4.90 Å². The highest BCUT2D eigenvalue weighted by atomic mass is 16.2. The molecule has 0 aliphatic carbocycles. The average Bonchev–Trinajstić information content (AvgIpc) is 3.74. The number of hydrogen-bond donors (Lipinski definition) is 0. The number of aryl methyl sites for hydroxylation is 4. The molecule has 0 saturated carbocycles. The lowest BCUT2D eigenvalue weighted by Gasteiger charge is -2.19. The fourth-order valence-electron chi connectivity index (χ4n) is 9.02. The molecular formula is C54H42N2O. The van der Waals surface area contributed by atoms with Crippen molar-refractivity contribution in [3.8, 4) is 50.2 Å². The Balaban J connectivity index is 1.15. The van der Waals surface area contributed by atoms with Gasteiger partial charge in [-0.15, -0.1) is 0 Å². The van der Waals surface area contributed by atoms with E-state index >= 15 is 0 Å². The quantitative estimate of drug-likeness (QED) is 0.167. The van der Waals surface area contributed by atoms with E-state index in [1.54, 1.807) is 0 Å². The van der Waals surface area contributed by atoms with E-state index in [9.17, 15) is 4.79 Å². The molecule has 3 nitrogen and oxygen atoms in total. The number of amides is 1. The number of anilines is 1. The molecule has 274 valence electrons. The summed E-state index contributed by atoms with van der Waals surface area (Å²) in [6.45, 7) is 9.14. The van der Waals surface area contributed by atoms with Gasteiger partial charge < -0.3 is 9.47 Å². The lowest BCUT2D eigenvalue weighted by molar-refractivity contribution is 0.0996. The molecular weight excluding hydrogens is 693 g/mol. The van der Waals surface area contributed by atoms with E-state index in [2.05, 4.69) is 190 Å². The summed E-state index contributed by atoms with van der Waals surface area (Å²) < 4.78 is 2.32. The summed E-state index contributed by atoms with van der Waals surface area (Å²) in [4.78, 5) is 17.0. The first kappa shape index (κ1) is 34.5. The first-order valence-corrected chi connectivity index (χ1v) is 19.7. The van der Waals surface area contributed by atoms with E-state index < -0.39 is 0 Å². The molecule has 1 aromatic heterocycles. The molecule has 0 spiro atoms. The summed E-state index contributed by atoms with van der Waals surface area (Å²) in [5.74, 6) is 0.0125. The van der Waals surface area contributed by atoms with Gasteiger partial charge in [-0.3, -0.25) is 4.79 Å². The minimum absolute atomic E-state index is 0.0125. The summed E-state index contributed by atoms with van der Waals surface area (Å²) in [5.41, 5.74) is 19.9. The third-order valence-electron chi connectivity index (χ3n) is 11.5. The Labute approximate surface area is 334 Å².